The standard InChI is InChI=1S/C23H19Cl2F3N6O3S/c24-16-5-3-6-17(25)14(16)12-34-21-19(31-32-34)22(35)30-20(29-21)13-8-10-33(11-9-13)38(36,37)18-7-2-1-4-15(18)23(26,27)28/h1-7,13H,8-12H2,(H,29,30,35). The molecule has 4 aromatic rings. The van der Waals surface area contributed by atoms with Crippen molar-refractivity contribution >= 4 is 44.4 Å². The highest BCUT2D eigenvalue weighted by Gasteiger charge is 2.40. The fourth-order valence-corrected chi connectivity index (χ4v) is 6.65. The summed E-state index contributed by atoms with van der Waals surface area (Å²) in [6.45, 7) is 0.0154. The van der Waals surface area contributed by atoms with Gasteiger partial charge in [-0.1, -0.05) is 46.6 Å². The number of halogens is 5. The highest BCUT2D eigenvalue weighted by atomic mass is 35.5. The molecule has 0 unspecified atom stereocenters. The third kappa shape index (κ3) is 4.91. The van der Waals surface area contributed by atoms with E-state index in [1.165, 1.54) is 10.7 Å². The first-order valence-electron chi connectivity index (χ1n) is 11.4. The third-order valence-corrected chi connectivity index (χ3v) is 9.08. The number of piperidine rings is 1. The van der Waals surface area contributed by atoms with E-state index >= 15 is 0 Å². The summed E-state index contributed by atoms with van der Waals surface area (Å²) >= 11 is 12.5. The van der Waals surface area contributed by atoms with Crippen molar-refractivity contribution in [1.82, 2.24) is 29.3 Å². The first kappa shape index (κ1) is 26.6. The van der Waals surface area contributed by atoms with Gasteiger partial charge in [0.15, 0.2) is 11.2 Å². The molecule has 0 saturated carbocycles. The quantitative estimate of drug-likeness (QED) is 0.369. The van der Waals surface area contributed by atoms with E-state index in [2.05, 4.69) is 20.3 Å². The summed E-state index contributed by atoms with van der Waals surface area (Å²) in [4.78, 5) is 19.1. The largest absolute Gasteiger partial charge is 0.417 e. The highest BCUT2D eigenvalue weighted by Crippen LogP contribution is 2.37. The zero-order chi connectivity index (χ0) is 27.2. The molecule has 1 saturated heterocycles. The molecule has 0 spiro atoms. The Morgan fingerprint density at radius 3 is 2.34 bits per heavy atom. The minimum Gasteiger partial charge on any atom is -0.308 e. The fraction of sp³-hybridized carbons (Fsp3) is 0.304. The molecule has 3 heterocycles. The van der Waals surface area contributed by atoms with Crippen LogP contribution in [-0.4, -0.2) is 50.8 Å². The summed E-state index contributed by atoms with van der Waals surface area (Å²) in [5.41, 5.74) is -0.938. The number of benzene rings is 2. The number of fused-ring (bicyclic) bond motifs is 1. The number of H-pyrrole nitrogens is 1. The Morgan fingerprint density at radius 2 is 1.68 bits per heavy atom. The molecule has 1 fully saturated rings. The Labute approximate surface area is 224 Å². The van der Waals surface area contributed by atoms with Crippen molar-refractivity contribution in [1.29, 1.82) is 0 Å². The van der Waals surface area contributed by atoms with E-state index in [1.807, 2.05) is 0 Å². The minimum absolute atomic E-state index is 0.0145. The van der Waals surface area contributed by atoms with Crippen LogP contribution < -0.4 is 5.56 Å². The average Bonchev–Trinajstić information content (AvgIpc) is 3.29. The Hall–Kier alpha value is -3.00. The van der Waals surface area contributed by atoms with E-state index in [-0.39, 0.29) is 49.6 Å². The van der Waals surface area contributed by atoms with Crippen LogP contribution in [0.15, 0.2) is 52.2 Å². The van der Waals surface area contributed by atoms with Crippen LogP contribution in [0.25, 0.3) is 11.2 Å². The first-order valence-corrected chi connectivity index (χ1v) is 13.6. The van der Waals surface area contributed by atoms with Gasteiger partial charge in [-0.2, -0.15) is 17.5 Å². The van der Waals surface area contributed by atoms with Gasteiger partial charge in [-0.3, -0.25) is 4.79 Å². The van der Waals surface area contributed by atoms with Crippen LogP contribution >= 0.6 is 23.2 Å². The lowest BCUT2D eigenvalue weighted by Crippen LogP contribution is -2.39. The molecule has 200 valence electrons. The van der Waals surface area contributed by atoms with Crippen molar-refractivity contribution in [3.05, 3.63) is 79.8 Å². The first-order chi connectivity index (χ1) is 18.0. The molecule has 38 heavy (non-hydrogen) atoms. The normalized spacial score (nSPS) is 15.8. The lowest BCUT2D eigenvalue weighted by Gasteiger charge is -2.31. The summed E-state index contributed by atoms with van der Waals surface area (Å²) in [6.07, 6.45) is -4.34. The molecular weight excluding hydrogens is 568 g/mol. The zero-order valence-corrected chi connectivity index (χ0v) is 21.7. The second kappa shape index (κ2) is 9.95. The van der Waals surface area contributed by atoms with Gasteiger partial charge in [-0.25, -0.2) is 18.1 Å². The van der Waals surface area contributed by atoms with Gasteiger partial charge in [-0.15, -0.1) is 5.10 Å². The van der Waals surface area contributed by atoms with Crippen LogP contribution in [0.3, 0.4) is 0 Å². The summed E-state index contributed by atoms with van der Waals surface area (Å²) in [5.74, 6) is -0.0345. The van der Waals surface area contributed by atoms with E-state index in [0.29, 0.717) is 21.4 Å². The number of hydrogen-bond acceptors (Lipinski definition) is 6. The Morgan fingerprint density at radius 1 is 1.03 bits per heavy atom. The maximum atomic E-state index is 13.4. The van der Waals surface area contributed by atoms with Crippen molar-refractivity contribution < 1.29 is 21.6 Å². The van der Waals surface area contributed by atoms with Crippen LogP contribution in [0.5, 0.6) is 0 Å². The Kier molecular flexibility index (Phi) is 6.97. The number of aromatic amines is 1. The van der Waals surface area contributed by atoms with Gasteiger partial charge in [0.25, 0.3) is 5.56 Å². The molecular formula is C23H19Cl2F3N6O3S. The summed E-state index contributed by atoms with van der Waals surface area (Å²) in [5, 5.41) is 8.74. The second-order valence-electron chi connectivity index (χ2n) is 8.74. The Balaban J connectivity index is 1.40. The van der Waals surface area contributed by atoms with Gasteiger partial charge in [0.1, 0.15) is 5.82 Å². The molecule has 5 rings (SSSR count). The van der Waals surface area contributed by atoms with Crippen LogP contribution in [0.2, 0.25) is 10.0 Å². The van der Waals surface area contributed by atoms with Crippen LogP contribution in [-0.2, 0) is 22.7 Å². The molecule has 1 N–H and O–H groups in total. The lowest BCUT2D eigenvalue weighted by molar-refractivity contribution is -0.139. The van der Waals surface area contributed by atoms with E-state index in [1.54, 1.807) is 18.2 Å². The predicted molar refractivity (Wildman–Crippen MR) is 134 cm³/mol. The van der Waals surface area contributed by atoms with Crippen molar-refractivity contribution in [2.24, 2.45) is 0 Å². The molecule has 1 aliphatic rings. The van der Waals surface area contributed by atoms with Gasteiger partial charge >= 0.3 is 6.18 Å². The number of nitrogens with one attached hydrogen (secondary N) is 1. The monoisotopic (exact) mass is 586 g/mol. The summed E-state index contributed by atoms with van der Waals surface area (Å²) in [7, 11) is -4.39. The number of sulfonamides is 1. The number of aromatic nitrogens is 5. The molecule has 2 aromatic heterocycles. The van der Waals surface area contributed by atoms with Gasteiger partial charge in [0, 0.05) is 34.6 Å². The number of rotatable bonds is 5. The molecule has 0 bridgehead atoms. The van der Waals surface area contributed by atoms with Crippen molar-refractivity contribution in [3.63, 3.8) is 0 Å². The van der Waals surface area contributed by atoms with E-state index in [0.717, 1.165) is 22.5 Å². The molecule has 0 aliphatic carbocycles. The summed E-state index contributed by atoms with van der Waals surface area (Å²) in [6, 6.07) is 9.14. The smallest absolute Gasteiger partial charge is 0.308 e. The summed E-state index contributed by atoms with van der Waals surface area (Å²) < 4.78 is 68.9. The maximum Gasteiger partial charge on any atom is 0.417 e. The second-order valence-corrected chi connectivity index (χ2v) is 11.5. The molecule has 0 atom stereocenters. The van der Waals surface area contributed by atoms with E-state index in [9.17, 15) is 26.4 Å². The Bertz CT molecular complexity index is 1660. The molecule has 9 nitrogen and oxygen atoms in total. The van der Waals surface area contributed by atoms with Gasteiger partial charge in [-0.05, 0) is 37.1 Å². The molecule has 2 aromatic carbocycles. The number of hydrogen-bond donors (Lipinski definition) is 1. The van der Waals surface area contributed by atoms with Gasteiger partial charge < -0.3 is 4.98 Å². The van der Waals surface area contributed by atoms with Crippen LogP contribution in [0.4, 0.5) is 13.2 Å². The van der Waals surface area contributed by atoms with E-state index < -0.39 is 32.2 Å². The average molecular weight is 587 g/mol. The van der Waals surface area contributed by atoms with Gasteiger partial charge in [0.05, 0.1) is 17.0 Å². The van der Waals surface area contributed by atoms with Crippen molar-refractivity contribution in [2.75, 3.05) is 13.1 Å². The van der Waals surface area contributed by atoms with Crippen LogP contribution in [0.1, 0.15) is 35.7 Å². The minimum atomic E-state index is -4.81. The van der Waals surface area contributed by atoms with Gasteiger partial charge in [0.2, 0.25) is 10.0 Å². The third-order valence-electron chi connectivity index (χ3n) is 6.41. The SMILES string of the molecule is O=c1[nH]c(C2CCN(S(=O)(=O)c3ccccc3C(F)(F)F)CC2)nc2c1nnn2Cc1c(Cl)cccc1Cl. The zero-order valence-electron chi connectivity index (χ0n) is 19.4. The molecule has 0 amide bonds. The van der Waals surface area contributed by atoms with Crippen molar-refractivity contribution in [2.45, 2.75) is 36.4 Å². The molecule has 1 aliphatic heterocycles. The van der Waals surface area contributed by atoms with E-state index in [4.69, 9.17) is 23.2 Å². The predicted octanol–water partition coefficient (Wildman–Crippen LogP) is 4.46. The lowest BCUT2D eigenvalue weighted by atomic mass is 9.97. The topological polar surface area (TPSA) is 114 Å². The van der Waals surface area contributed by atoms with Crippen molar-refractivity contribution in [3.8, 4) is 0 Å². The highest BCUT2D eigenvalue weighted by molar-refractivity contribution is 7.89. The number of nitrogens with zero attached hydrogens (tertiary/aromatic N) is 5. The maximum absolute atomic E-state index is 13.4. The number of alkyl halides is 3. The van der Waals surface area contributed by atoms with Crippen LogP contribution in [0, 0.1) is 0 Å². The molecule has 15 heteroatoms. The molecule has 0 radical (unpaired) electrons. The fourth-order valence-electron chi connectivity index (χ4n) is 4.45.